The maximum absolute atomic E-state index is 12.7. The summed E-state index contributed by atoms with van der Waals surface area (Å²) >= 11 is 0. The van der Waals surface area contributed by atoms with E-state index in [1.807, 2.05) is 49.1 Å². The predicted octanol–water partition coefficient (Wildman–Crippen LogP) is 3.33. The number of nitrogens with one attached hydrogen (secondary N) is 1. The molecule has 2 rings (SSSR count). The van der Waals surface area contributed by atoms with Crippen LogP contribution in [0.2, 0.25) is 0 Å². The van der Waals surface area contributed by atoms with Crippen molar-refractivity contribution in [3.63, 3.8) is 0 Å². The largest absolute Gasteiger partial charge is 0.353 e. The molecule has 1 aromatic rings. The Morgan fingerprint density at radius 1 is 1.17 bits per heavy atom. The molecule has 1 saturated heterocycles. The van der Waals surface area contributed by atoms with Crippen molar-refractivity contribution in [2.24, 2.45) is 5.92 Å². The molecule has 132 valence electrons. The van der Waals surface area contributed by atoms with Crippen molar-refractivity contribution in [3.8, 4) is 0 Å². The van der Waals surface area contributed by atoms with Gasteiger partial charge >= 0.3 is 0 Å². The van der Waals surface area contributed by atoms with Gasteiger partial charge in [0.2, 0.25) is 11.8 Å². The summed E-state index contributed by atoms with van der Waals surface area (Å²) in [6.45, 7) is 7.47. The molecule has 1 aromatic carbocycles. The second kappa shape index (κ2) is 8.86. The Labute approximate surface area is 145 Å². The quantitative estimate of drug-likeness (QED) is 0.870. The number of hydrogen-bond donors (Lipinski definition) is 1. The Morgan fingerprint density at radius 2 is 1.79 bits per heavy atom. The fourth-order valence-electron chi connectivity index (χ4n) is 3.33. The lowest BCUT2D eigenvalue weighted by Crippen LogP contribution is -2.48. The molecule has 0 unspecified atom stereocenters. The van der Waals surface area contributed by atoms with Gasteiger partial charge in [0.1, 0.15) is 0 Å². The van der Waals surface area contributed by atoms with Gasteiger partial charge < -0.3 is 10.2 Å². The molecule has 0 spiro atoms. The molecule has 1 N–H and O–H groups in total. The van der Waals surface area contributed by atoms with Gasteiger partial charge in [0.15, 0.2) is 0 Å². The first-order valence-corrected chi connectivity index (χ1v) is 9.17. The zero-order valence-electron chi connectivity index (χ0n) is 15.1. The molecular weight excluding hydrogens is 300 g/mol. The van der Waals surface area contributed by atoms with Crippen LogP contribution in [0.3, 0.4) is 0 Å². The van der Waals surface area contributed by atoms with E-state index in [2.05, 4.69) is 12.2 Å². The van der Waals surface area contributed by atoms with E-state index < -0.39 is 0 Å². The average molecular weight is 330 g/mol. The van der Waals surface area contributed by atoms with Crippen LogP contribution in [0.4, 0.5) is 0 Å². The van der Waals surface area contributed by atoms with Crippen molar-refractivity contribution < 1.29 is 9.59 Å². The van der Waals surface area contributed by atoms with Gasteiger partial charge in [-0.1, -0.05) is 57.5 Å². The van der Waals surface area contributed by atoms with Crippen LogP contribution >= 0.6 is 0 Å². The van der Waals surface area contributed by atoms with Crippen LogP contribution in [0, 0.1) is 5.92 Å². The van der Waals surface area contributed by atoms with Gasteiger partial charge in [-0.25, -0.2) is 0 Å². The normalized spacial score (nSPS) is 16.9. The van der Waals surface area contributed by atoms with Crippen molar-refractivity contribution >= 4 is 11.8 Å². The van der Waals surface area contributed by atoms with Crippen LogP contribution in [0.15, 0.2) is 30.3 Å². The van der Waals surface area contributed by atoms with Gasteiger partial charge in [0.25, 0.3) is 0 Å². The lowest BCUT2D eigenvalue weighted by Gasteiger charge is -2.34. The second-order valence-corrected chi connectivity index (χ2v) is 7.01. The average Bonchev–Trinajstić information content (AvgIpc) is 2.60. The lowest BCUT2D eigenvalue weighted by atomic mass is 9.92. The van der Waals surface area contributed by atoms with E-state index in [1.165, 1.54) is 0 Å². The van der Waals surface area contributed by atoms with Crippen LogP contribution in [-0.4, -0.2) is 35.8 Å². The Morgan fingerprint density at radius 3 is 2.33 bits per heavy atom. The fourth-order valence-corrected chi connectivity index (χ4v) is 3.33. The molecule has 4 nitrogen and oxygen atoms in total. The predicted molar refractivity (Wildman–Crippen MR) is 96.7 cm³/mol. The number of nitrogens with zero attached hydrogens (tertiary/aromatic N) is 1. The third kappa shape index (κ3) is 4.83. The lowest BCUT2D eigenvalue weighted by molar-refractivity contribution is -0.135. The number of piperidine rings is 1. The summed E-state index contributed by atoms with van der Waals surface area (Å²) in [7, 11) is 0. The van der Waals surface area contributed by atoms with Crippen LogP contribution in [0.5, 0.6) is 0 Å². The first-order valence-electron chi connectivity index (χ1n) is 9.17. The zero-order valence-corrected chi connectivity index (χ0v) is 15.1. The molecule has 0 saturated carbocycles. The number of rotatable bonds is 6. The summed E-state index contributed by atoms with van der Waals surface area (Å²) in [5, 5.41) is 3.21. The second-order valence-electron chi connectivity index (χ2n) is 7.01. The Kier molecular flexibility index (Phi) is 6.83. The van der Waals surface area contributed by atoms with Gasteiger partial charge in [-0.05, 0) is 24.8 Å². The highest BCUT2D eigenvalue weighted by Gasteiger charge is 2.27. The first-order chi connectivity index (χ1) is 11.5. The number of likely N-dealkylation sites (tertiary alicyclic amines) is 1. The molecule has 0 bridgehead atoms. The molecular formula is C20H30N2O2. The van der Waals surface area contributed by atoms with Crippen LogP contribution in [0.25, 0.3) is 0 Å². The number of amides is 2. The number of carbonyl (C=O) groups is 2. The third-order valence-corrected chi connectivity index (χ3v) is 4.74. The smallest absolute Gasteiger partial charge is 0.227 e. The number of carbonyl (C=O) groups excluding carboxylic acids is 2. The van der Waals surface area contributed by atoms with Gasteiger partial charge in [-0.3, -0.25) is 9.59 Å². The van der Waals surface area contributed by atoms with E-state index in [0.717, 1.165) is 44.3 Å². The Balaban J connectivity index is 1.91. The summed E-state index contributed by atoms with van der Waals surface area (Å²) in [5.41, 5.74) is 1.09. The van der Waals surface area contributed by atoms with Crippen molar-refractivity contribution in [2.45, 2.75) is 58.4 Å². The SMILES string of the molecule is CCC[C@H](C(=O)NC1CCN(C(=O)C(C)C)CC1)c1ccccc1. The van der Waals surface area contributed by atoms with Crippen molar-refractivity contribution in [2.75, 3.05) is 13.1 Å². The highest BCUT2D eigenvalue weighted by Crippen LogP contribution is 2.22. The standard InChI is InChI=1S/C20H30N2O2/c1-4-8-18(16-9-6-5-7-10-16)19(23)21-17-11-13-22(14-12-17)20(24)15(2)3/h5-7,9-10,15,17-18H,4,8,11-14H2,1-3H3,(H,21,23)/t18-/m0/s1. The highest BCUT2D eigenvalue weighted by molar-refractivity contribution is 5.84. The molecule has 1 aliphatic heterocycles. The molecule has 1 atom stereocenters. The van der Waals surface area contributed by atoms with E-state index in [0.29, 0.717) is 0 Å². The third-order valence-electron chi connectivity index (χ3n) is 4.74. The minimum Gasteiger partial charge on any atom is -0.353 e. The fraction of sp³-hybridized carbons (Fsp3) is 0.600. The van der Waals surface area contributed by atoms with Gasteiger partial charge in [0.05, 0.1) is 5.92 Å². The summed E-state index contributed by atoms with van der Waals surface area (Å²) < 4.78 is 0. The molecule has 2 amide bonds. The highest BCUT2D eigenvalue weighted by atomic mass is 16.2. The minimum absolute atomic E-state index is 0.0446. The van der Waals surface area contributed by atoms with Gasteiger partial charge in [-0.2, -0.15) is 0 Å². The van der Waals surface area contributed by atoms with Gasteiger partial charge in [0, 0.05) is 25.0 Å². The molecule has 4 heteroatoms. The van der Waals surface area contributed by atoms with Crippen LogP contribution < -0.4 is 5.32 Å². The van der Waals surface area contributed by atoms with Crippen molar-refractivity contribution in [1.82, 2.24) is 10.2 Å². The molecule has 1 heterocycles. The van der Waals surface area contributed by atoms with E-state index in [9.17, 15) is 9.59 Å². The molecule has 1 aliphatic rings. The van der Waals surface area contributed by atoms with Crippen LogP contribution in [-0.2, 0) is 9.59 Å². The van der Waals surface area contributed by atoms with E-state index >= 15 is 0 Å². The molecule has 24 heavy (non-hydrogen) atoms. The number of hydrogen-bond acceptors (Lipinski definition) is 2. The summed E-state index contributed by atoms with van der Waals surface area (Å²) in [5.74, 6) is 0.305. The Bertz CT molecular complexity index is 534. The topological polar surface area (TPSA) is 49.4 Å². The maximum Gasteiger partial charge on any atom is 0.227 e. The Hall–Kier alpha value is -1.84. The minimum atomic E-state index is -0.0773. The van der Waals surface area contributed by atoms with Gasteiger partial charge in [-0.15, -0.1) is 0 Å². The maximum atomic E-state index is 12.7. The van der Waals surface area contributed by atoms with E-state index in [4.69, 9.17) is 0 Å². The van der Waals surface area contributed by atoms with Crippen LogP contribution in [0.1, 0.15) is 57.9 Å². The van der Waals surface area contributed by atoms with Crippen molar-refractivity contribution in [3.05, 3.63) is 35.9 Å². The molecule has 1 fully saturated rings. The van der Waals surface area contributed by atoms with E-state index in [1.54, 1.807) is 0 Å². The molecule has 0 aliphatic carbocycles. The zero-order chi connectivity index (χ0) is 17.5. The van der Waals surface area contributed by atoms with E-state index in [-0.39, 0.29) is 29.7 Å². The summed E-state index contributed by atoms with van der Waals surface area (Å²) in [6, 6.07) is 10.2. The molecule has 0 aromatic heterocycles. The molecule has 0 radical (unpaired) electrons. The monoisotopic (exact) mass is 330 g/mol. The number of benzene rings is 1. The first kappa shape index (κ1) is 18.5. The summed E-state index contributed by atoms with van der Waals surface area (Å²) in [4.78, 5) is 26.7. The van der Waals surface area contributed by atoms with Crippen molar-refractivity contribution in [1.29, 1.82) is 0 Å². The summed E-state index contributed by atoms with van der Waals surface area (Å²) in [6.07, 6.45) is 3.53.